The molecule has 0 spiro atoms. The molecule has 3 N–H and O–H groups in total. The van der Waals surface area contributed by atoms with Gasteiger partial charge in [0, 0.05) is 5.56 Å². The number of ether oxygens (including phenoxy) is 2. The predicted octanol–water partition coefficient (Wildman–Crippen LogP) is 2.84. The van der Waals surface area contributed by atoms with Gasteiger partial charge in [-0.05, 0) is 23.8 Å². The Morgan fingerprint density at radius 3 is 2.64 bits per heavy atom. The minimum atomic E-state index is -0.448. The Hall–Kier alpha value is -2.73. The number of halogens is 1. The first-order chi connectivity index (χ1) is 12.1. The summed E-state index contributed by atoms with van der Waals surface area (Å²) in [5.74, 6) is 0.362. The van der Waals surface area contributed by atoms with Crippen molar-refractivity contribution in [1.82, 2.24) is 0 Å². The molecule has 2 aromatic rings. The van der Waals surface area contributed by atoms with Gasteiger partial charge in [0.15, 0.2) is 17.3 Å². The average molecular weight is 361 g/mol. The van der Waals surface area contributed by atoms with E-state index in [1.165, 1.54) is 0 Å². The number of fused-ring (bicyclic) bond motifs is 1. The van der Waals surface area contributed by atoms with Crippen molar-refractivity contribution >= 4 is 34.7 Å². The first kappa shape index (κ1) is 17.1. The van der Waals surface area contributed by atoms with E-state index >= 15 is 0 Å². The molecule has 0 aliphatic carbocycles. The SMILES string of the molecule is Nc1c(NC(=O)CC(=O)CCl)cccc1-c1ccc2c(c1)OCCO2. The van der Waals surface area contributed by atoms with E-state index in [0.717, 1.165) is 11.1 Å². The normalized spacial score (nSPS) is 12.5. The van der Waals surface area contributed by atoms with E-state index in [1.807, 2.05) is 24.3 Å². The van der Waals surface area contributed by atoms with Crippen LogP contribution in [0.25, 0.3) is 11.1 Å². The van der Waals surface area contributed by atoms with E-state index in [9.17, 15) is 9.59 Å². The highest BCUT2D eigenvalue weighted by Gasteiger charge is 2.16. The number of amides is 1. The molecule has 130 valence electrons. The lowest BCUT2D eigenvalue weighted by molar-refractivity contribution is -0.124. The maximum atomic E-state index is 11.9. The van der Waals surface area contributed by atoms with Crippen molar-refractivity contribution in [2.24, 2.45) is 0 Å². The zero-order valence-electron chi connectivity index (χ0n) is 13.4. The van der Waals surface area contributed by atoms with Crippen molar-refractivity contribution < 1.29 is 19.1 Å². The summed E-state index contributed by atoms with van der Waals surface area (Å²) in [5, 5.41) is 2.65. The van der Waals surface area contributed by atoms with Crippen molar-refractivity contribution in [1.29, 1.82) is 0 Å². The second-order valence-corrected chi connectivity index (χ2v) is 5.79. The lowest BCUT2D eigenvalue weighted by Crippen LogP contribution is -2.18. The minimum Gasteiger partial charge on any atom is -0.486 e. The second-order valence-electron chi connectivity index (χ2n) is 5.52. The molecule has 0 atom stereocenters. The van der Waals surface area contributed by atoms with Crippen molar-refractivity contribution in [3.8, 4) is 22.6 Å². The van der Waals surface area contributed by atoms with Crippen LogP contribution in [-0.4, -0.2) is 30.8 Å². The second kappa shape index (κ2) is 7.44. The van der Waals surface area contributed by atoms with E-state index in [0.29, 0.717) is 36.1 Å². The lowest BCUT2D eigenvalue weighted by atomic mass is 10.0. The number of anilines is 2. The Labute approximate surface area is 149 Å². The summed E-state index contributed by atoms with van der Waals surface area (Å²) in [4.78, 5) is 23.2. The van der Waals surface area contributed by atoms with Crippen LogP contribution in [0.15, 0.2) is 36.4 Å². The number of nitrogens with two attached hydrogens (primary N) is 1. The van der Waals surface area contributed by atoms with E-state index < -0.39 is 5.91 Å². The van der Waals surface area contributed by atoms with Crippen molar-refractivity contribution in [2.75, 3.05) is 30.1 Å². The molecule has 0 saturated heterocycles. The minimum absolute atomic E-state index is 0.194. The molecule has 2 aromatic carbocycles. The van der Waals surface area contributed by atoms with Crippen molar-refractivity contribution in [2.45, 2.75) is 6.42 Å². The molecule has 25 heavy (non-hydrogen) atoms. The number of ketones is 1. The van der Waals surface area contributed by atoms with Gasteiger partial charge in [-0.2, -0.15) is 0 Å². The monoisotopic (exact) mass is 360 g/mol. The number of alkyl halides is 1. The van der Waals surface area contributed by atoms with Gasteiger partial charge < -0.3 is 20.5 Å². The summed E-state index contributed by atoms with van der Waals surface area (Å²) < 4.78 is 11.1. The number of benzene rings is 2. The van der Waals surface area contributed by atoms with Gasteiger partial charge >= 0.3 is 0 Å². The van der Waals surface area contributed by atoms with Crippen LogP contribution in [-0.2, 0) is 9.59 Å². The number of nitrogens with one attached hydrogen (secondary N) is 1. The molecule has 0 aromatic heterocycles. The Kier molecular flexibility index (Phi) is 5.09. The van der Waals surface area contributed by atoms with Gasteiger partial charge in [0.2, 0.25) is 5.91 Å². The quantitative estimate of drug-likeness (QED) is 0.486. The Bertz CT molecular complexity index is 823. The molecule has 0 bridgehead atoms. The third-order valence-corrected chi connectivity index (χ3v) is 4.04. The molecule has 7 heteroatoms. The highest BCUT2D eigenvalue weighted by molar-refractivity contribution is 6.29. The molecular formula is C18H17ClN2O4. The van der Waals surface area contributed by atoms with Crippen LogP contribution in [0, 0.1) is 0 Å². The Morgan fingerprint density at radius 2 is 1.88 bits per heavy atom. The standard InChI is InChI=1S/C18H17ClN2O4/c19-10-12(22)9-17(23)21-14-3-1-2-13(18(14)20)11-4-5-15-16(8-11)25-7-6-24-15/h1-5,8H,6-7,9-10,20H2,(H,21,23). The smallest absolute Gasteiger partial charge is 0.231 e. The fourth-order valence-electron chi connectivity index (χ4n) is 2.56. The Morgan fingerprint density at radius 1 is 1.12 bits per heavy atom. The van der Waals surface area contributed by atoms with Gasteiger partial charge in [-0.3, -0.25) is 9.59 Å². The number of carbonyl (C=O) groups is 2. The molecule has 1 amide bonds. The lowest BCUT2D eigenvalue weighted by Gasteiger charge is -2.19. The zero-order chi connectivity index (χ0) is 17.8. The van der Waals surface area contributed by atoms with Gasteiger partial charge in [0.1, 0.15) is 13.2 Å². The van der Waals surface area contributed by atoms with Crippen LogP contribution in [0.4, 0.5) is 11.4 Å². The van der Waals surface area contributed by atoms with Gasteiger partial charge in [0.25, 0.3) is 0 Å². The van der Waals surface area contributed by atoms with E-state index in [1.54, 1.807) is 12.1 Å². The van der Waals surface area contributed by atoms with E-state index in [-0.39, 0.29) is 18.1 Å². The zero-order valence-corrected chi connectivity index (χ0v) is 14.1. The fourth-order valence-corrected chi connectivity index (χ4v) is 2.65. The molecule has 0 fully saturated rings. The highest BCUT2D eigenvalue weighted by Crippen LogP contribution is 2.38. The van der Waals surface area contributed by atoms with Crippen LogP contribution in [0.2, 0.25) is 0 Å². The summed E-state index contributed by atoms with van der Waals surface area (Å²) in [6, 6.07) is 10.9. The summed E-state index contributed by atoms with van der Waals surface area (Å²) in [7, 11) is 0. The molecule has 0 saturated carbocycles. The summed E-state index contributed by atoms with van der Waals surface area (Å²) in [6.07, 6.45) is -0.281. The molecular weight excluding hydrogens is 344 g/mol. The van der Waals surface area contributed by atoms with Gasteiger partial charge in [-0.25, -0.2) is 0 Å². The largest absolute Gasteiger partial charge is 0.486 e. The summed E-state index contributed by atoms with van der Waals surface area (Å²) in [6.45, 7) is 1.02. The molecule has 1 heterocycles. The number of carbonyl (C=O) groups excluding carboxylic acids is 2. The number of hydrogen-bond donors (Lipinski definition) is 2. The number of Topliss-reactive ketones (excluding diaryl/α,β-unsaturated/α-hetero) is 1. The molecule has 1 aliphatic rings. The topological polar surface area (TPSA) is 90.7 Å². The van der Waals surface area contributed by atoms with Crippen LogP contribution < -0.4 is 20.5 Å². The highest BCUT2D eigenvalue weighted by atomic mass is 35.5. The third-order valence-electron chi connectivity index (χ3n) is 3.74. The molecule has 0 radical (unpaired) electrons. The molecule has 1 aliphatic heterocycles. The van der Waals surface area contributed by atoms with Crippen LogP contribution >= 0.6 is 11.6 Å². The first-order valence-electron chi connectivity index (χ1n) is 7.74. The average Bonchev–Trinajstić information content (AvgIpc) is 2.63. The van der Waals surface area contributed by atoms with Crippen molar-refractivity contribution in [3.05, 3.63) is 36.4 Å². The van der Waals surface area contributed by atoms with Gasteiger partial charge in [-0.1, -0.05) is 18.2 Å². The third kappa shape index (κ3) is 3.85. The van der Waals surface area contributed by atoms with Crippen molar-refractivity contribution in [3.63, 3.8) is 0 Å². The van der Waals surface area contributed by atoms with E-state index in [2.05, 4.69) is 5.32 Å². The number of nitrogen functional groups attached to an aromatic ring is 1. The fraction of sp³-hybridized carbons (Fsp3) is 0.222. The van der Waals surface area contributed by atoms with Crippen LogP contribution in [0.3, 0.4) is 0 Å². The number of hydrogen-bond acceptors (Lipinski definition) is 5. The molecule has 6 nitrogen and oxygen atoms in total. The number of rotatable bonds is 5. The van der Waals surface area contributed by atoms with Crippen LogP contribution in [0.1, 0.15) is 6.42 Å². The first-order valence-corrected chi connectivity index (χ1v) is 8.28. The van der Waals surface area contributed by atoms with E-state index in [4.69, 9.17) is 26.8 Å². The molecule has 0 unspecified atom stereocenters. The maximum absolute atomic E-state index is 11.9. The maximum Gasteiger partial charge on any atom is 0.231 e. The number of para-hydroxylation sites is 1. The van der Waals surface area contributed by atoms with Gasteiger partial charge in [0.05, 0.1) is 23.7 Å². The Balaban J connectivity index is 1.86. The molecule has 3 rings (SSSR count). The summed E-state index contributed by atoms with van der Waals surface area (Å²) >= 11 is 5.42. The van der Waals surface area contributed by atoms with Gasteiger partial charge in [-0.15, -0.1) is 11.6 Å². The predicted molar refractivity (Wildman–Crippen MR) is 96.3 cm³/mol. The van der Waals surface area contributed by atoms with Crippen LogP contribution in [0.5, 0.6) is 11.5 Å². The summed E-state index contributed by atoms with van der Waals surface area (Å²) in [5.41, 5.74) is 8.65.